The Balaban J connectivity index is 1.67. The van der Waals surface area contributed by atoms with E-state index in [1.165, 1.54) is 18.5 Å². The molecular weight excluding hydrogens is 299 g/mol. The van der Waals surface area contributed by atoms with Crippen LogP contribution in [0.1, 0.15) is 29.3 Å². The van der Waals surface area contributed by atoms with Crippen molar-refractivity contribution in [1.29, 1.82) is 0 Å². The third-order valence-electron chi connectivity index (χ3n) is 3.61. The van der Waals surface area contributed by atoms with Crippen molar-refractivity contribution in [3.05, 3.63) is 47.6 Å². The van der Waals surface area contributed by atoms with Gasteiger partial charge in [-0.05, 0) is 17.7 Å². The number of carbonyl (C=O) groups is 1. The van der Waals surface area contributed by atoms with E-state index in [2.05, 4.69) is 14.7 Å². The molecule has 8 heteroatoms. The summed E-state index contributed by atoms with van der Waals surface area (Å²) in [6.07, 6.45) is -2.87. The number of likely N-dealkylation sites (tertiary alicyclic amines) is 1. The molecule has 0 bridgehead atoms. The standard InChI is InChI=1S/C14H12F3N3O2/c15-14(16,17)11-3-1-9(2-4-11)6-20-7-10(5-12(20)21)13-18-8-22-19-13/h1-4,8,10H,5-7H2. The van der Waals surface area contributed by atoms with Crippen LogP contribution in [0.5, 0.6) is 0 Å². The Morgan fingerprint density at radius 3 is 2.59 bits per heavy atom. The maximum absolute atomic E-state index is 12.5. The molecule has 3 rings (SSSR count). The smallest absolute Gasteiger partial charge is 0.343 e. The summed E-state index contributed by atoms with van der Waals surface area (Å²) in [4.78, 5) is 17.5. The first-order valence-electron chi connectivity index (χ1n) is 6.63. The summed E-state index contributed by atoms with van der Waals surface area (Å²) in [6.45, 7) is 0.699. The number of alkyl halides is 3. The molecule has 0 N–H and O–H groups in total. The van der Waals surface area contributed by atoms with Crippen molar-refractivity contribution >= 4 is 5.91 Å². The van der Waals surface area contributed by atoms with E-state index in [0.717, 1.165) is 12.1 Å². The van der Waals surface area contributed by atoms with Gasteiger partial charge >= 0.3 is 6.18 Å². The summed E-state index contributed by atoms with van der Waals surface area (Å²) in [5, 5.41) is 3.72. The van der Waals surface area contributed by atoms with Crippen LogP contribution >= 0.6 is 0 Å². The molecule has 0 spiro atoms. The van der Waals surface area contributed by atoms with E-state index in [-0.39, 0.29) is 24.8 Å². The summed E-state index contributed by atoms with van der Waals surface area (Å²) < 4.78 is 42.2. The summed E-state index contributed by atoms with van der Waals surface area (Å²) in [5.41, 5.74) is -0.0521. The summed E-state index contributed by atoms with van der Waals surface area (Å²) in [7, 11) is 0. The average Bonchev–Trinajstić information content (AvgIpc) is 3.09. The second kappa shape index (κ2) is 5.43. The van der Waals surface area contributed by atoms with E-state index in [4.69, 9.17) is 0 Å². The second-order valence-electron chi connectivity index (χ2n) is 5.16. The van der Waals surface area contributed by atoms with E-state index < -0.39 is 11.7 Å². The number of nitrogens with zero attached hydrogens (tertiary/aromatic N) is 3. The van der Waals surface area contributed by atoms with Crippen molar-refractivity contribution < 1.29 is 22.5 Å². The van der Waals surface area contributed by atoms with E-state index in [1.807, 2.05) is 0 Å². The lowest BCUT2D eigenvalue weighted by atomic mass is 10.1. The van der Waals surface area contributed by atoms with Crippen LogP contribution < -0.4 is 0 Å². The van der Waals surface area contributed by atoms with Gasteiger partial charge in [0.15, 0.2) is 5.82 Å². The third-order valence-corrected chi connectivity index (χ3v) is 3.61. The Kier molecular flexibility index (Phi) is 3.59. The monoisotopic (exact) mass is 311 g/mol. The molecule has 1 aromatic heterocycles. The van der Waals surface area contributed by atoms with Crippen molar-refractivity contribution in [2.24, 2.45) is 0 Å². The molecule has 1 unspecified atom stereocenters. The lowest BCUT2D eigenvalue weighted by molar-refractivity contribution is -0.137. The van der Waals surface area contributed by atoms with Gasteiger partial charge in [-0.25, -0.2) is 0 Å². The predicted molar refractivity (Wildman–Crippen MR) is 68.5 cm³/mol. The quantitative estimate of drug-likeness (QED) is 0.874. The molecule has 1 fully saturated rings. The average molecular weight is 311 g/mol. The van der Waals surface area contributed by atoms with Gasteiger partial charge in [-0.1, -0.05) is 17.3 Å². The fourth-order valence-corrected chi connectivity index (χ4v) is 2.48. The van der Waals surface area contributed by atoms with E-state index in [9.17, 15) is 18.0 Å². The van der Waals surface area contributed by atoms with Crippen LogP contribution in [-0.2, 0) is 17.5 Å². The maximum atomic E-state index is 12.5. The van der Waals surface area contributed by atoms with Crippen LogP contribution in [0.25, 0.3) is 0 Å². The third kappa shape index (κ3) is 2.95. The summed E-state index contributed by atoms with van der Waals surface area (Å²) in [5.74, 6) is 0.263. The Labute approximate surface area is 123 Å². The Morgan fingerprint density at radius 1 is 1.27 bits per heavy atom. The van der Waals surface area contributed by atoms with E-state index >= 15 is 0 Å². The first-order chi connectivity index (χ1) is 10.4. The summed E-state index contributed by atoms with van der Waals surface area (Å²) in [6, 6.07) is 4.81. The molecule has 22 heavy (non-hydrogen) atoms. The van der Waals surface area contributed by atoms with Crippen LogP contribution in [0.3, 0.4) is 0 Å². The van der Waals surface area contributed by atoms with Crippen LogP contribution in [0.4, 0.5) is 13.2 Å². The first-order valence-corrected chi connectivity index (χ1v) is 6.63. The van der Waals surface area contributed by atoms with Gasteiger partial charge in [0.05, 0.1) is 5.56 Å². The largest absolute Gasteiger partial charge is 0.416 e. The zero-order valence-electron chi connectivity index (χ0n) is 11.4. The van der Waals surface area contributed by atoms with Gasteiger partial charge in [0.2, 0.25) is 12.3 Å². The normalized spacial score (nSPS) is 19.0. The number of halogens is 3. The van der Waals surface area contributed by atoms with Gasteiger partial charge in [-0.15, -0.1) is 0 Å². The van der Waals surface area contributed by atoms with Gasteiger partial charge in [-0.2, -0.15) is 18.2 Å². The molecule has 0 saturated carbocycles. The van der Waals surface area contributed by atoms with E-state index in [0.29, 0.717) is 17.9 Å². The number of amides is 1. The second-order valence-corrected chi connectivity index (χ2v) is 5.16. The maximum Gasteiger partial charge on any atom is 0.416 e. The highest BCUT2D eigenvalue weighted by molar-refractivity contribution is 5.79. The molecule has 1 atom stereocenters. The highest BCUT2D eigenvalue weighted by atomic mass is 19.4. The van der Waals surface area contributed by atoms with Crippen LogP contribution in [0, 0.1) is 0 Å². The lowest BCUT2D eigenvalue weighted by Crippen LogP contribution is -2.24. The predicted octanol–water partition coefficient (Wildman–Crippen LogP) is 2.60. The van der Waals surface area contributed by atoms with E-state index in [1.54, 1.807) is 4.90 Å². The van der Waals surface area contributed by atoms with Crippen molar-refractivity contribution in [2.45, 2.75) is 25.1 Å². The molecule has 116 valence electrons. The number of aromatic nitrogens is 2. The van der Waals surface area contributed by atoms with Crippen molar-refractivity contribution in [3.63, 3.8) is 0 Å². The van der Waals surface area contributed by atoms with Crippen molar-refractivity contribution in [3.8, 4) is 0 Å². The first kappa shape index (κ1) is 14.6. The van der Waals surface area contributed by atoms with Crippen molar-refractivity contribution in [2.75, 3.05) is 6.54 Å². The lowest BCUT2D eigenvalue weighted by Gasteiger charge is -2.16. The van der Waals surface area contributed by atoms with Crippen LogP contribution in [0.2, 0.25) is 0 Å². The van der Waals surface area contributed by atoms with Gasteiger partial charge in [0.1, 0.15) is 0 Å². The number of hydrogen-bond donors (Lipinski definition) is 0. The minimum Gasteiger partial charge on any atom is -0.343 e. The van der Waals surface area contributed by atoms with Crippen molar-refractivity contribution in [1.82, 2.24) is 15.0 Å². The SMILES string of the molecule is O=C1CC(c2ncon2)CN1Cc1ccc(C(F)(F)F)cc1. The summed E-state index contributed by atoms with van der Waals surface area (Å²) >= 11 is 0. The minimum atomic E-state index is -4.36. The van der Waals surface area contributed by atoms with Crippen LogP contribution in [-0.4, -0.2) is 27.5 Å². The molecule has 0 aliphatic carbocycles. The molecule has 1 aromatic carbocycles. The fourth-order valence-electron chi connectivity index (χ4n) is 2.48. The molecule has 2 heterocycles. The number of benzene rings is 1. The molecule has 2 aromatic rings. The Bertz CT molecular complexity index is 653. The Hall–Kier alpha value is -2.38. The van der Waals surface area contributed by atoms with Gasteiger partial charge in [-0.3, -0.25) is 4.79 Å². The number of carbonyl (C=O) groups excluding carboxylic acids is 1. The number of hydrogen-bond acceptors (Lipinski definition) is 4. The molecule has 1 aliphatic rings. The highest BCUT2D eigenvalue weighted by Crippen LogP contribution is 2.30. The Morgan fingerprint density at radius 2 is 2.00 bits per heavy atom. The molecule has 1 saturated heterocycles. The van der Waals surface area contributed by atoms with Gasteiger partial charge in [0, 0.05) is 25.4 Å². The number of rotatable bonds is 3. The zero-order valence-corrected chi connectivity index (χ0v) is 11.4. The molecule has 1 amide bonds. The minimum absolute atomic E-state index is 0.0744. The van der Waals surface area contributed by atoms with Gasteiger partial charge in [0.25, 0.3) is 0 Å². The zero-order chi connectivity index (χ0) is 15.7. The van der Waals surface area contributed by atoms with Crippen LogP contribution in [0.15, 0.2) is 35.2 Å². The highest BCUT2D eigenvalue weighted by Gasteiger charge is 2.33. The fraction of sp³-hybridized carbons (Fsp3) is 0.357. The molecular formula is C14H12F3N3O2. The topological polar surface area (TPSA) is 59.2 Å². The molecule has 1 aliphatic heterocycles. The molecule has 0 radical (unpaired) electrons. The molecule has 5 nitrogen and oxygen atoms in total. The van der Waals surface area contributed by atoms with Gasteiger partial charge < -0.3 is 9.42 Å².